The maximum Gasteiger partial charge on any atom is 0.251 e. The van der Waals surface area contributed by atoms with Gasteiger partial charge in [0.15, 0.2) is 0 Å². The van der Waals surface area contributed by atoms with E-state index in [4.69, 9.17) is 0 Å². The van der Waals surface area contributed by atoms with Gasteiger partial charge in [0, 0.05) is 23.7 Å². The minimum absolute atomic E-state index is 0.00982. The van der Waals surface area contributed by atoms with Gasteiger partial charge < -0.3 is 5.32 Å². The number of rotatable bonds is 5. The van der Waals surface area contributed by atoms with Crippen LogP contribution in [0, 0.1) is 6.92 Å². The average molecular weight is 311 g/mol. The Kier molecular flexibility index (Phi) is 4.13. The highest BCUT2D eigenvalue weighted by molar-refractivity contribution is 5.94. The molecule has 0 saturated heterocycles. The summed E-state index contributed by atoms with van der Waals surface area (Å²) in [6, 6.07) is 9.06. The van der Waals surface area contributed by atoms with Gasteiger partial charge in [-0.25, -0.2) is 4.68 Å². The second-order valence-electron chi connectivity index (χ2n) is 5.42. The molecule has 3 rings (SSSR count). The quantitative estimate of drug-likeness (QED) is 0.733. The van der Waals surface area contributed by atoms with Crippen LogP contribution in [0.1, 0.15) is 28.7 Å². The SMILES string of the molecule is Cc1cc(C[C@@H](C)NC(=O)c2ccc(-n3cnnn3)cc2)n[nH]1. The van der Waals surface area contributed by atoms with Gasteiger partial charge in [0.1, 0.15) is 6.33 Å². The van der Waals surface area contributed by atoms with Gasteiger partial charge >= 0.3 is 0 Å². The van der Waals surface area contributed by atoms with Crippen molar-refractivity contribution in [1.82, 2.24) is 35.7 Å². The molecule has 3 aromatic rings. The number of benzene rings is 1. The van der Waals surface area contributed by atoms with Crippen molar-refractivity contribution in [2.24, 2.45) is 0 Å². The minimum Gasteiger partial charge on any atom is -0.349 e. The number of aromatic nitrogens is 6. The maximum absolute atomic E-state index is 12.3. The van der Waals surface area contributed by atoms with Crippen LogP contribution in [-0.4, -0.2) is 42.4 Å². The number of nitrogens with one attached hydrogen (secondary N) is 2. The van der Waals surface area contributed by atoms with Crippen LogP contribution in [0.4, 0.5) is 0 Å². The third-order valence-corrected chi connectivity index (χ3v) is 3.39. The Morgan fingerprint density at radius 2 is 2.13 bits per heavy atom. The van der Waals surface area contributed by atoms with Crippen LogP contribution in [0.3, 0.4) is 0 Å². The lowest BCUT2D eigenvalue weighted by Gasteiger charge is -2.12. The number of H-pyrrole nitrogens is 1. The van der Waals surface area contributed by atoms with Gasteiger partial charge in [-0.05, 0) is 54.6 Å². The lowest BCUT2D eigenvalue weighted by atomic mass is 10.1. The van der Waals surface area contributed by atoms with Crippen LogP contribution < -0.4 is 5.32 Å². The molecule has 2 N–H and O–H groups in total. The standard InChI is InChI=1S/C15H17N7O/c1-10(7-13-8-11(2)18-19-13)17-15(23)12-3-5-14(6-4-12)22-9-16-20-21-22/h3-6,8-10H,7H2,1-2H3,(H,17,23)(H,18,19)/t10-/m1/s1. The number of aromatic amines is 1. The molecule has 2 heterocycles. The van der Waals surface area contributed by atoms with E-state index in [1.54, 1.807) is 24.3 Å². The minimum atomic E-state index is -0.118. The van der Waals surface area contributed by atoms with Gasteiger partial charge in [-0.3, -0.25) is 9.89 Å². The predicted octanol–water partition coefficient (Wildman–Crippen LogP) is 1.05. The number of carbonyl (C=O) groups is 1. The Balaban J connectivity index is 1.61. The monoisotopic (exact) mass is 311 g/mol. The molecule has 0 bridgehead atoms. The third kappa shape index (κ3) is 3.60. The van der Waals surface area contributed by atoms with E-state index in [-0.39, 0.29) is 11.9 Å². The first-order valence-corrected chi connectivity index (χ1v) is 7.27. The van der Waals surface area contributed by atoms with E-state index in [0.717, 1.165) is 17.1 Å². The third-order valence-electron chi connectivity index (χ3n) is 3.39. The van der Waals surface area contributed by atoms with Crippen molar-refractivity contribution in [3.8, 4) is 5.69 Å². The Morgan fingerprint density at radius 1 is 1.35 bits per heavy atom. The van der Waals surface area contributed by atoms with Crippen molar-refractivity contribution in [2.75, 3.05) is 0 Å². The lowest BCUT2D eigenvalue weighted by Crippen LogP contribution is -2.34. The summed E-state index contributed by atoms with van der Waals surface area (Å²) in [7, 11) is 0. The van der Waals surface area contributed by atoms with Crippen molar-refractivity contribution >= 4 is 5.91 Å². The Bertz CT molecular complexity index is 777. The molecular formula is C15H17N7O. The molecule has 1 aromatic carbocycles. The molecule has 2 aromatic heterocycles. The second-order valence-corrected chi connectivity index (χ2v) is 5.42. The molecular weight excluding hydrogens is 294 g/mol. The molecule has 0 radical (unpaired) electrons. The number of aryl methyl sites for hydroxylation is 1. The lowest BCUT2D eigenvalue weighted by molar-refractivity contribution is 0.0940. The fourth-order valence-electron chi connectivity index (χ4n) is 2.30. The van der Waals surface area contributed by atoms with Crippen LogP contribution >= 0.6 is 0 Å². The molecule has 0 saturated carbocycles. The first kappa shape index (κ1) is 14.9. The summed E-state index contributed by atoms with van der Waals surface area (Å²) in [6.45, 7) is 3.91. The molecule has 0 aliphatic heterocycles. The van der Waals surface area contributed by atoms with Gasteiger partial charge in [0.05, 0.1) is 11.4 Å². The molecule has 8 nitrogen and oxygen atoms in total. The molecule has 118 valence electrons. The number of carbonyl (C=O) groups excluding carboxylic acids is 1. The van der Waals surface area contributed by atoms with Crippen LogP contribution in [0.5, 0.6) is 0 Å². The molecule has 23 heavy (non-hydrogen) atoms. The highest BCUT2D eigenvalue weighted by Gasteiger charge is 2.12. The fourth-order valence-corrected chi connectivity index (χ4v) is 2.30. The fraction of sp³-hybridized carbons (Fsp3) is 0.267. The number of amides is 1. The van der Waals surface area contributed by atoms with Crippen molar-refractivity contribution < 1.29 is 4.79 Å². The van der Waals surface area contributed by atoms with Gasteiger partial charge in [-0.15, -0.1) is 5.10 Å². The van der Waals surface area contributed by atoms with Crippen molar-refractivity contribution in [1.29, 1.82) is 0 Å². The molecule has 0 unspecified atom stereocenters. The van der Waals surface area contributed by atoms with Crippen LogP contribution in [0.25, 0.3) is 5.69 Å². The summed E-state index contributed by atoms with van der Waals surface area (Å²) in [6.07, 6.45) is 2.18. The topological polar surface area (TPSA) is 101 Å². The van der Waals surface area contributed by atoms with E-state index in [9.17, 15) is 4.79 Å². The van der Waals surface area contributed by atoms with Crippen molar-refractivity contribution in [3.05, 3.63) is 53.6 Å². The van der Waals surface area contributed by atoms with E-state index in [1.807, 2.05) is 19.9 Å². The van der Waals surface area contributed by atoms with Gasteiger partial charge in [-0.2, -0.15) is 5.10 Å². The van der Waals surface area contributed by atoms with Gasteiger partial charge in [0.2, 0.25) is 0 Å². The molecule has 0 spiro atoms. The maximum atomic E-state index is 12.3. The Hall–Kier alpha value is -3.03. The first-order valence-electron chi connectivity index (χ1n) is 7.27. The first-order chi connectivity index (χ1) is 11.1. The zero-order valence-electron chi connectivity index (χ0n) is 12.9. The Morgan fingerprint density at radius 3 is 2.74 bits per heavy atom. The molecule has 1 atom stereocenters. The summed E-state index contributed by atoms with van der Waals surface area (Å²) >= 11 is 0. The summed E-state index contributed by atoms with van der Waals surface area (Å²) in [5.74, 6) is -0.118. The molecule has 1 amide bonds. The predicted molar refractivity (Wildman–Crippen MR) is 83.1 cm³/mol. The normalized spacial score (nSPS) is 12.1. The zero-order chi connectivity index (χ0) is 16.2. The summed E-state index contributed by atoms with van der Waals surface area (Å²) in [5.41, 5.74) is 3.33. The second kappa shape index (κ2) is 6.39. The van der Waals surface area contributed by atoms with E-state index < -0.39 is 0 Å². The van der Waals surface area contributed by atoms with E-state index >= 15 is 0 Å². The Labute approximate surface area is 132 Å². The molecule has 8 heteroatoms. The highest BCUT2D eigenvalue weighted by Crippen LogP contribution is 2.08. The average Bonchev–Trinajstić information content (AvgIpc) is 3.19. The molecule has 0 aliphatic carbocycles. The zero-order valence-corrected chi connectivity index (χ0v) is 12.9. The van der Waals surface area contributed by atoms with Crippen molar-refractivity contribution in [3.63, 3.8) is 0 Å². The van der Waals surface area contributed by atoms with Gasteiger partial charge in [-0.1, -0.05) is 0 Å². The summed E-state index contributed by atoms with van der Waals surface area (Å²) in [5, 5.41) is 21.0. The molecule has 0 fully saturated rings. The van der Waals surface area contributed by atoms with Crippen LogP contribution in [0.2, 0.25) is 0 Å². The summed E-state index contributed by atoms with van der Waals surface area (Å²) < 4.78 is 1.53. The summed E-state index contributed by atoms with van der Waals surface area (Å²) in [4.78, 5) is 12.3. The van der Waals surface area contributed by atoms with E-state index in [0.29, 0.717) is 12.0 Å². The van der Waals surface area contributed by atoms with E-state index in [1.165, 1.54) is 11.0 Å². The van der Waals surface area contributed by atoms with Crippen molar-refractivity contribution in [2.45, 2.75) is 26.3 Å². The number of tetrazole rings is 1. The molecule has 0 aliphatic rings. The number of hydrogen-bond acceptors (Lipinski definition) is 5. The van der Waals surface area contributed by atoms with Crippen LogP contribution in [0.15, 0.2) is 36.7 Å². The van der Waals surface area contributed by atoms with Crippen LogP contribution in [-0.2, 0) is 6.42 Å². The van der Waals surface area contributed by atoms with E-state index in [2.05, 4.69) is 31.0 Å². The smallest absolute Gasteiger partial charge is 0.251 e. The largest absolute Gasteiger partial charge is 0.349 e. The van der Waals surface area contributed by atoms with Gasteiger partial charge in [0.25, 0.3) is 5.91 Å². The highest BCUT2D eigenvalue weighted by atomic mass is 16.1. The number of nitrogens with zero attached hydrogens (tertiary/aromatic N) is 5. The number of hydrogen-bond donors (Lipinski definition) is 2.